The summed E-state index contributed by atoms with van der Waals surface area (Å²) >= 11 is 0. The number of para-hydroxylation sites is 1. The number of benzene rings is 2. The first-order valence-corrected chi connectivity index (χ1v) is 8.82. The maximum absolute atomic E-state index is 12.6. The van der Waals surface area contributed by atoms with E-state index in [0.717, 1.165) is 0 Å². The normalized spacial score (nSPS) is 11.4. The standard InChI is InChI=1S/C22H19NO6/c1-14(20(24)15-9-11-16(27-2)12-10-15)29-22(26)17-6-3-4-7-18(17)23-21(25)19-8-5-13-28-19/h3-14H,1-2H3,(H,23,25)/t14-/m0/s1. The molecule has 0 bridgehead atoms. The van der Waals surface area contributed by atoms with Gasteiger partial charge in [0.15, 0.2) is 11.9 Å². The molecule has 3 aromatic rings. The molecule has 0 aliphatic carbocycles. The lowest BCUT2D eigenvalue weighted by Gasteiger charge is -2.15. The summed E-state index contributed by atoms with van der Waals surface area (Å²) in [7, 11) is 1.53. The molecule has 1 heterocycles. The van der Waals surface area contributed by atoms with Crippen molar-refractivity contribution in [1.82, 2.24) is 0 Å². The van der Waals surface area contributed by atoms with Crippen LogP contribution in [0.2, 0.25) is 0 Å². The fourth-order valence-corrected chi connectivity index (χ4v) is 2.63. The molecule has 0 aliphatic rings. The van der Waals surface area contributed by atoms with Crippen LogP contribution in [0.25, 0.3) is 0 Å². The molecule has 1 aromatic heterocycles. The number of carbonyl (C=O) groups excluding carboxylic acids is 3. The predicted molar refractivity (Wildman–Crippen MR) is 105 cm³/mol. The number of hydrogen-bond acceptors (Lipinski definition) is 6. The van der Waals surface area contributed by atoms with Gasteiger partial charge in [0.1, 0.15) is 5.75 Å². The lowest BCUT2D eigenvalue weighted by Crippen LogP contribution is -2.25. The van der Waals surface area contributed by atoms with Gasteiger partial charge >= 0.3 is 5.97 Å². The minimum Gasteiger partial charge on any atom is -0.497 e. The van der Waals surface area contributed by atoms with E-state index >= 15 is 0 Å². The molecule has 0 radical (unpaired) electrons. The summed E-state index contributed by atoms with van der Waals surface area (Å²) < 4.78 is 15.4. The van der Waals surface area contributed by atoms with Crippen LogP contribution in [-0.4, -0.2) is 30.9 Å². The van der Waals surface area contributed by atoms with Crippen molar-refractivity contribution in [2.75, 3.05) is 12.4 Å². The third-order valence-electron chi connectivity index (χ3n) is 4.17. The molecule has 0 saturated carbocycles. The van der Waals surface area contributed by atoms with Crippen molar-refractivity contribution in [1.29, 1.82) is 0 Å². The first kappa shape index (κ1) is 19.9. The molecule has 148 valence electrons. The molecule has 2 aromatic carbocycles. The monoisotopic (exact) mass is 393 g/mol. The molecule has 0 unspecified atom stereocenters. The first-order chi connectivity index (χ1) is 14.0. The Kier molecular flexibility index (Phi) is 6.09. The number of esters is 1. The zero-order valence-corrected chi connectivity index (χ0v) is 15.9. The Morgan fingerprint density at radius 3 is 2.34 bits per heavy atom. The number of furan rings is 1. The maximum Gasteiger partial charge on any atom is 0.340 e. The van der Waals surface area contributed by atoms with Gasteiger partial charge in [0.2, 0.25) is 5.78 Å². The predicted octanol–water partition coefficient (Wildman–Crippen LogP) is 3.97. The van der Waals surface area contributed by atoms with Crippen LogP contribution < -0.4 is 10.1 Å². The van der Waals surface area contributed by atoms with Crippen molar-refractivity contribution >= 4 is 23.3 Å². The molecule has 0 aliphatic heterocycles. The zero-order valence-electron chi connectivity index (χ0n) is 15.9. The molecule has 1 atom stereocenters. The van der Waals surface area contributed by atoms with Crippen LogP contribution in [0.1, 0.15) is 38.2 Å². The number of hydrogen-bond donors (Lipinski definition) is 1. The average molecular weight is 393 g/mol. The molecular weight excluding hydrogens is 374 g/mol. The van der Waals surface area contributed by atoms with Crippen molar-refractivity contribution in [3.8, 4) is 5.75 Å². The molecular formula is C22H19NO6. The Balaban J connectivity index is 1.71. The van der Waals surface area contributed by atoms with E-state index in [0.29, 0.717) is 11.3 Å². The maximum atomic E-state index is 12.6. The largest absolute Gasteiger partial charge is 0.497 e. The van der Waals surface area contributed by atoms with E-state index in [1.165, 1.54) is 32.4 Å². The molecule has 7 heteroatoms. The third kappa shape index (κ3) is 4.70. The van der Waals surface area contributed by atoms with Gasteiger partial charge in [-0.1, -0.05) is 12.1 Å². The van der Waals surface area contributed by atoms with Gasteiger partial charge < -0.3 is 19.2 Å². The average Bonchev–Trinajstić information content (AvgIpc) is 3.28. The molecule has 3 rings (SSSR count). The van der Waals surface area contributed by atoms with Crippen molar-refractivity contribution < 1.29 is 28.3 Å². The second kappa shape index (κ2) is 8.88. The summed E-state index contributed by atoms with van der Waals surface area (Å²) in [6.07, 6.45) is 0.367. The number of ketones is 1. The van der Waals surface area contributed by atoms with Gasteiger partial charge in [-0.2, -0.15) is 0 Å². The Bertz CT molecular complexity index is 1010. The molecule has 1 amide bonds. The van der Waals surface area contributed by atoms with E-state index in [-0.39, 0.29) is 22.8 Å². The number of anilines is 1. The van der Waals surface area contributed by atoms with E-state index in [1.54, 1.807) is 48.5 Å². The molecule has 1 N–H and O–H groups in total. The fraction of sp³-hybridized carbons (Fsp3) is 0.136. The minimum atomic E-state index is -1.01. The van der Waals surface area contributed by atoms with Crippen LogP contribution in [0, 0.1) is 0 Å². The fourth-order valence-electron chi connectivity index (χ4n) is 2.63. The van der Waals surface area contributed by atoms with E-state index in [9.17, 15) is 14.4 Å². The Labute approximate surface area is 167 Å². The quantitative estimate of drug-likeness (QED) is 0.482. The Hall–Kier alpha value is -3.87. The number of ether oxygens (including phenoxy) is 2. The van der Waals surface area contributed by atoms with Gasteiger partial charge in [-0.3, -0.25) is 9.59 Å². The van der Waals surface area contributed by atoms with Gasteiger partial charge in [0.25, 0.3) is 5.91 Å². The van der Waals surface area contributed by atoms with Crippen molar-refractivity contribution in [2.45, 2.75) is 13.0 Å². The number of carbonyl (C=O) groups is 3. The summed E-state index contributed by atoms with van der Waals surface area (Å²) in [5, 5.41) is 2.61. The van der Waals surface area contributed by atoms with Crippen LogP contribution in [0.4, 0.5) is 5.69 Å². The van der Waals surface area contributed by atoms with E-state index in [2.05, 4.69) is 5.32 Å². The first-order valence-electron chi connectivity index (χ1n) is 8.82. The van der Waals surface area contributed by atoms with E-state index in [1.807, 2.05) is 0 Å². The number of nitrogens with one attached hydrogen (secondary N) is 1. The van der Waals surface area contributed by atoms with Crippen LogP contribution in [-0.2, 0) is 4.74 Å². The number of Topliss-reactive ketones (excluding diaryl/α,β-unsaturated/α-hetero) is 1. The molecule has 0 saturated heterocycles. The van der Waals surface area contributed by atoms with Crippen LogP contribution in [0.5, 0.6) is 5.75 Å². The number of amides is 1. The van der Waals surface area contributed by atoms with Gasteiger partial charge in [-0.15, -0.1) is 0 Å². The minimum absolute atomic E-state index is 0.108. The van der Waals surface area contributed by atoms with Gasteiger partial charge in [0.05, 0.1) is 24.6 Å². The summed E-state index contributed by atoms with van der Waals surface area (Å²) in [5.74, 6) is -0.853. The van der Waals surface area contributed by atoms with Crippen molar-refractivity contribution in [2.24, 2.45) is 0 Å². The molecule has 29 heavy (non-hydrogen) atoms. The van der Waals surface area contributed by atoms with E-state index in [4.69, 9.17) is 13.9 Å². The van der Waals surface area contributed by atoms with Crippen molar-refractivity contribution in [3.63, 3.8) is 0 Å². The Morgan fingerprint density at radius 2 is 1.69 bits per heavy atom. The highest BCUT2D eigenvalue weighted by Crippen LogP contribution is 2.20. The Morgan fingerprint density at radius 1 is 0.966 bits per heavy atom. The smallest absolute Gasteiger partial charge is 0.340 e. The number of methoxy groups -OCH3 is 1. The summed E-state index contributed by atoms with van der Waals surface area (Å²) in [5.41, 5.74) is 0.773. The van der Waals surface area contributed by atoms with Crippen molar-refractivity contribution in [3.05, 3.63) is 83.8 Å². The van der Waals surface area contributed by atoms with Crippen LogP contribution in [0.3, 0.4) is 0 Å². The lowest BCUT2D eigenvalue weighted by atomic mass is 10.1. The molecule has 0 spiro atoms. The van der Waals surface area contributed by atoms with Gasteiger partial charge in [0, 0.05) is 5.56 Å². The summed E-state index contributed by atoms with van der Waals surface area (Å²) in [6, 6.07) is 16.0. The van der Waals surface area contributed by atoms with Crippen LogP contribution in [0.15, 0.2) is 71.3 Å². The SMILES string of the molecule is COc1ccc(C(=O)[C@H](C)OC(=O)c2ccccc2NC(=O)c2ccco2)cc1. The number of rotatable bonds is 7. The summed E-state index contributed by atoms with van der Waals surface area (Å²) in [4.78, 5) is 37.3. The zero-order chi connectivity index (χ0) is 20.8. The second-order valence-electron chi connectivity index (χ2n) is 6.12. The molecule has 0 fully saturated rings. The topological polar surface area (TPSA) is 94.8 Å². The van der Waals surface area contributed by atoms with E-state index < -0.39 is 18.0 Å². The van der Waals surface area contributed by atoms with Crippen LogP contribution >= 0.6 is 0 Å². The third-order valence-corrected chi connectivity index (χ3v) is 4.17. The summed E-state index contributed by atoms with van der Waals surface area (Å²) in [6.45, 7) is 1.49. The molecule has 7 nitrogen and oxygen atoms in total. The van der Waals surface area contributed by atoms with Gasteiger partial charge in [-0.25, -0.2) is 4.79 Å². The lowest BCUT2D eigenvalue weighted by molar-refractivity contribution is 0.0320. The highest BCUT2D eigenvalue weighted by molar-refractivity contribution is 6.07. The highest BCUT2D eigenvalue weighted by Gasteiger charge is 2.23. The van der Waals surface area contributed by atoms with Gasteiger partial charge in [-0.05, 0) is 55.5 Å². The second-order valence-corrected chi connectivity index (χ2v) is 6.12. The highest BCUT2D eigenvalue weighted by atomic mass is 16.5.